The average molecular weight is 422 g/mol. The SMILES string of the molecule is CCC1(C(=O)O)CCN(C(=O)c2ccc(I)c(Cl)c2)CC1. The molecule has 1 amide bonds. The lowest BCUT2D eigenvalue weighted by Crippen LogP contribution is -2.46. The van der Waals surface area contributed by atoms with E-state index >= 15 is 0 Å². The highest BCUT2D eigenvalue weighted by molar-refractivity contribution is 14.1. The van der Waals surface area contributed by atoms with Crippen molar-refractivity contribution in [3.8, 4) is 0 Å². The molecule has 0 radical (unpaired) electrons. The highest BCUT2D eigenvalue weighted by Crippen LogP contribution is 2.35. The van der Waals surface area contributed by atoms with Gasteiger partial charge in [0.1, 0.15) is 0 Å². The first-order valence-electron chi connectivity index (χ1n) is 6.87. The molecule has 0 aromatic heterocycles. The summed E-state index contributed by atoms with van der Waals surface area (Å²) in [6.07, 6.45) is 1.60. The number of carboxylic acids is 1. The van der Waals surface area contributed by atoms with Gasteiger partial charge in [0.05, 0.1) is 10.4 Å². The number of nitrogens with zero attached hydrogens (tertiary/aromatic N) is 1. The molecule has 114 valence electrons. The zero-order valence-corrected chi connectivity index (χ0v) is 14.6. The number of carbonyl (C=O) groups is 2. The molecule has 1 aliphatic heterocycles. The number of amides is 1. The molecule has 1 saturated heterocycles. The van der Waals surface area contributed by atoms with Crippen LogP contribution in [0.4, 0.5) is 0 Å². The highest BCUT2D eigenvalue weighted by Gasteiger charge is 2.40. The van der Waals surface area contributed by atoms with E-state index in [0.717, 1.165) is 3.57 Å². The van der Waals surface area contributed by atoms with Gasteiger partial charge in [0.15, 0.2) is 0 Å². The second kappa shape index (κ2) is 6.52. The monoisotopic (exact) mass is 421 g/mol. The van der Waals surface area contributed by atoms with Crippen LogP contribution in [0.15, 0.2) is 18.2 Å². The summed E-state index contributed by atoms with van der Waals surface area (Å²) in [5, 5.41) is 9.94. The Labute approximate surface area is 142 Å². The smallest absolute Gasteiger partial charge is 0.309 e. The van der Waals surface area contributed by atoms with Crippen molar-refractivity contribution in [2.75, 3.05) is 13.1 Å². The number of carboxylic acid groups (broad SMARTS) is 1. The number of carbonyl (C=O) groups excluding carboxylic acids is 1. The summed E-state index contributed by atoms with van der Waals surface area (Å²) in [5.74, 6) is -0.835. The Bertz CT molecular complexity index is 568. The summed E-state index contributed by atoms with van der Waals surface area (Å²) in [5.41, 5.74) is -0.125. The first kappa shape index (κ1) is 16.5. The lowest BCUT2D eigenvalue weighted by Gasteiger charge is -2.38. The van der Waals surface area contributed by atoms with Crippen LogP contribution in [0.2, 0.25) is 5.02 Å². The molecule has 1 N–H and O–H groups in total. The molecule has 0 unspecified atom stereocenters. The highest BCUT2D eigenvalue weighted by atomic mass is 127. The van der Waals surface area contributed by atoms with Gasteiger partial charge in [0, 0.05) is 22.2 Å². The third-order valence-corrected chi connectivity index (χ3v) is 5.88. The van der Waals surface area contributed by atoms with E-state index < -0.39 is 11.4 Å². The Morgan fingerprint density at radius 1 is 1.38 bits per heavy atom. The van der Waals surface area contributed by atoms with Crippen molar-refractivity contribution in [1.29, 1.82) is 0 Å². The van der Waals surface area contributed by atoms with E-state index in [1.165, 1.54) is 0 Å². The summed E-state index contributed by atoms with van der Waals surface area (Å²) < 4.78 is 0.903. The van der Waals surface area contributed by atoms with E-state index in [4.69, 9.17) is 11.6 Å². The van der Waals surface area contributed by atoms with Gasteiger partial charge in [-0.1, -0.05) is 18.5 Å². The molecule has 1 fully saturated rings. The molecule has 1 aromatic carbocycles. The maximum absolute atomic E-state index is 12.4. The van der Waals surface area contributed by atoms with Crippen molar-refractivity contribution in [3.05, 3.63) is 32.4 Å². The molecule has 0 atom stereocenters. The van der Waals surface area contributed by atoms with Crippen molar-refractivity contribution in [2.45, 2.75) is 26.2 Å². The number of likely N-dealkylation sites (tertiary alicyclic amines) is 1. The number of halogens is 2. The van der Waals surface area contributed by atoms with Gasteiger partial charge in [-0.3, -0.25) is 9.59 Å². The Morgan fingerprint density at radius 2 is 2.00 bits per heavy atom. The van der Waals surface area contributed by atoms with Crippen LogP contribution in [0.1, 0.15) is 36.5 Å². The average Bonchev–Trinajstić information content (AvgIpc) is 2.49. The van der Waals surface area contributed by atoms with Crippen molar-refractivity contribution in [2.24, 2.45) is 5.41 Å². The van der Waals surface area contributed by atoms with E-state index in [-0.39, 0.29) is 5.91 Å². The van der Waals surface area contributed by atoms with Crippen molar-refractivity contribution in [1.82, 2.24) is 4.90 Å². The molecular weight excluding hydrogens is 405 g/mol. The van der Waals surface area contributed by atoms with Crippen LogP contribution >= 0.6 is 34.2 Å². The van der Waals surface area contributed by atoms with Gasteiger partial charge in [0.2, 0.25) is 0 Å². The molecular formula is C15H17ClINO3. The van der Waals surface area contributed by atoms with E-state index in [2.05, 4.69) is 22.6 Å². The quantitative estimate of drug-likeness (QED) is 0.758. The van der Waals surface area contributed by atoms with Gasteiger partial charge < -0.3 is 10.0 Å². The minimum atomic E-state index is -0.755. The van der Waals surface area contributed by atoms with Gasteiger partial charge in [-0.25, -0.2) is 0 Å². The lowest BCUT2D eigenvalue weighted by molar-refractivity contribution is -0.152. The van der Waals surface area contributed by atoms with Gasteiger partial charge in [-0.15, -0.1) is 0 Å². The number of benzene rings is 1. The topological polar surface area (TPSA) is 57.6 Å². The Hall–Kier alpha value is -0.820. The molecule has 6 heteroatoms. The predicted molar refractivity (Wildman–Crippen MR) is 89.7 cm³/mol. The first-order chi connectivity index (χ1) is 9.89. The summed E-state index contributed by atoms with van der Waals surface area (Å²) in [6, 6.07) is 5.24. The molecule has 0 spiro atoms. The van der Waals surface area contributed by atoms with Crippen LogP contribution < -0.4 is 0 Å². The summed E-state index contributed by atoms with van der Waals surface area (Å²) in [7, 11) is 0. The zero-order chi connectivity index (χ0) is 15.6. The van der Waals surface area contributed by atoms with E-state index in [0.29, 0.717) is 42.9 Å². The normalized spacial score (nSPS) is 17.6. The van der Waals surface area contributed by atoms with E-state index in [1.807, 2.05) is 13.0 Å². The van der Waals surface area contributed by atoms with Gasteiger partial charge in [-0.05, 0) is 60.1 Å². The number of aliphatic carboxylic acids is 1. The molecule has 1 aromatic rings. The lowest BCUT2D eigenvalue weighted by atomic mass is 9.76. The molecule has 2 rings (SSSR count). The second-order valence-electron chi connectivity index (χ2n) is 5.36. The molecule has 0 aliphatic carbocycles. The fraction of sp³-hybridized carbons (Fsp3) is 0.467. The third-order valence-electron chi connectivity index (χ3n) is 4.30. The van der Waals surface area contributed by atoms with Crippen LogP contribution in [-0.2, 0) is 4.79 Å². The van der Waals surface area contributed by atoms with Gasteiger partial charge in [0.25, 0.3) is 5.91 Å². The standard InChI is InChI=1S/C15H17ClINO3/c1-2-15(14(20)21)5-7-18(8-6-15)13(19)10-3-4-12(17)11(16)9-10/h3-4,9H,2,5-8H2,1H3,(H,20,21). The van der Waals surface area contributed by atoms with Crippen LogP contribution in [0.3, 0.4) is 0 Å². The number of hydrogen-bond acceptors (Lipinski definition) is 2. The fourth-order valence-electron chi connectivity index (χ4n) is 2.67. The molecule has 1 aliphatic rings. The van der Waals surface area contributed by atoms with Gasteiger partial charge in [-0.2, -0.15) is 0 Å². The molecule has 0 bridgehead atoms. The zero-order valence-electron chi connectivity index (χ0n) is 11.7. The molecule has 4 nitrogen and oxygen atoms in total. The second-order valence-corrected chi connectivity index (χ2v) is 6.93. The maximum Gasteiger partial charge on any atom is 0.309 e. The first-order valence-corrected chi connectivity index (χ1v) is 8.33. The van der Waals surface area contributed by atoms with Crippen LogP contribution in [0, 0.1) is 8.99 Å². The number of piperidine rings is 1. The van der Waals surface area contributed by atoms with Crippen molar-refractivity contribution in [3.63, 3.8) is 0 Å². The van der Waals surface area contributed by atoms with Crippen molar-refractivity contribution >= 4 is 46.1 Å². The molecule has 1 heterocycles. The summed E-state index contributed by atoms with van der Waals surface area (Å²) in [4.78, 5) is 25.6. The van der Waals surface area contributed by atoms with Crippen molar-refractivity contribution < 1.29 is 14.7 Å². The number of rotatable bonds is 3. The largest absolute Gasteiger partial charge is 0.481 e. The Balaban J connectivity index is 2.09. The minimum absolute atomic E-state index is 0.0802. The fourth-order valence-corrected chi connectivity index (χ4v) is 3.18. The number of hydrogen-bond donors (Lipinski definition) is 1. The van der Waals surface area contributed by atoms with E-state index in [1.54, 1.807) is 17.0 Å². The van der Waals surface area contributed by atoms with E-state index in [9.17, 15) is 14.7 Å². The van der Waals surface area contributed by atoms with Gasteiger partial charge >= 0.3 is 5.97 Å². The van der Waals surface area contributed by atoms with Crippen LogP contribution in [0.5, 0.6) is 0 Å². The summed E-state index contributed by atoms with van der Waals surface area (Å²) >= 11 is 8.16. The summed E-state index contributed by atoms with van der Waals surface area (Å²) in [6.45, 7) is 2.84. The maximum atomic E-state index is 12.4. The van der Waals surface area contributed by atoms with Crippen LogP contribution in [-0.4, -0.2) is 35.0 Å². The Kier molecular flexibility index (Phi) is 5.14. The molecule has 21 heavy (non-hydrogen) atoms. The third kappa shape index (κ3) is 3.34. The Morgan fingerprint density at radius 3 is 2.48 bits per heavy atom. The minimum Gasteiger partial charge on any atom is -0.481 e. The predicted octanol–water partition coefficient (Wildman–Crippen LogP) is 3.66. The van der Waals surface area contributed by atoms with Crippen LogP contribution in [0.25, 0.3) is 0 Å². The molecule has 0 saturated carbocycles.